The van der Waals surface area contributed by atoms with Gasteiger partial charge in [-0.15, -0.1) is 0 Å². The number of halogens is 4. The maximum atomic E-state index is 12.4. The van der Waals surface area contributed by atoms with E-state index in [1.807, 2.05) is 0 Å². The van der Waals surface area contributed by atoms with E-state index in [0.717, 1.165) is 0 Å². The van der Waals surface area contributed by atoms with E-state index < -0.39 is 11.9 Å². The van der Waals surface area contributed by atoms with E-state index >= 15 is 0 Å². The maximum Gasteiger partial charge on any atom is 0.345 e. The van der Waals surface area contributed by atoms with Crippen LogP contribution >= 0.6 is 46.4 Å². The van der Waals surface area contributed by atoms with Crippen molar-refractivity contribution < 1.29 is 14.3 Å². The minimum absolute atomic E-state index is 0.187. The standard InChI is InChI=1S/C21H12Cl4N2O3/c22-13-6-8-19(30-21(29)16-3-1-2-4-17(16)24)12(9-13)11-26-27-20(28)15-7-5-14(23)10-18(15)25/h1-11H,(H,27,28)/b26-11+. The summed E-state index contributed by atoms with van der Waals surface area (Å²) in [4.78, 5) is 24.7. The summed E-state index contributed by atoms with van der Waals surface area (Å²) >= 11 is 23.9. The second-order valence-corrected chi connectivity index (χ2v) is 7.56. The molecular weight excluding hydrogens is 470 g/mol. The molecule has 0 aliphatic carbocycles. The smallest absolute Gasteiger partial charge is 0.345 e. The third-order valence-electron chi connectivity index (χ3n) is 3.81. The Labute approximate surface area is 192 Å². The lowest BCUT2D eigenvalue weighted by molar-refractivity contribution is 0.0734. The predicted octanol–water partition coefficient (Wildman–Crippen LogP) is 6.28. The molecule has 0 saturated carbocycles. The number of nitrogens with one attached hydrogen (secondary N) is 1. The molecule has 0 bridgehead atoms. The Morgan fingerprint density at radius 2 is 1.53 bits per heavy atom. The van der Waals surface area contributed by atoms with Crippen molar-refractivity contribution in [2.75, 3.05) is 0 Å². The fourth-order valence-electron chi connectivity index (χ4n) is 2.39. The molecule has 0 atom stereocenters. The summed E-state index contributed by atoms with van der Waals surface area (Å²) in [5.41, 5.74) is 3.13. The van der Waals surface area contributed by atoms with Crippen LogP contribution in [0, 0.1) is 0 Å². The van der Waals surface area contributed by atoms with E-state index in [2.05, 4.69) is 10.5 Å². The van der Waals surface area contributed by atoms with E-state index in [1.165, 1.54) is 36.5 Å². The highest BCUT2D eigenvalue weighted by Crippen LogP contribution is 2.24. The van der Waals surface area contributed by atoms with Gasteiger partial charge < -0.3 is 4.74 Å². The van der Waals surface area contributed by atoms with Crippen LogP contribution in [0.15, 0.2) is 65.8 Å². The summed E-state index contributed by atoms with van der Waals surface area (Å²) in [5, 5.41) is 5.14. The molecule has 30 heavy (non-hydrogen) atoms. The van der Waals surface area contributed by atoms with E-state index in [4.69, 9.17) is 51.1 Å². The molecule has 1 amide bonds. The van der Waals surface area contributed by atoms with Crippen molar-refractivity contribution in [2.24, 2.45) is 5.10 Å². The van der Waals surface area contributed by atoms with Crippen LogP contribution in [0.4, 0.5) is 0 Å². The van der Waals surface area contributed by atoms with Gasteiger partial charge in [0, 0.05) is 15.6 Å². The van der Waals surface area contributed by atoms with E-state index in [9.17, 15) is 9.59 Å². The highest BCUT2D eigenvalue weighted by Gasteiger charge is 2.15. The van der Waals surface area contributed by atoms with Crippen LogP contribution in [0.25, 0.3) is 0 Å². The van der Waals surface area contributed by atoms with Gasteiger partial charge in [0.1, 0.15) is 5.75 Å². The first-order chi connectivity index (χ1) is 14.3. The highest BCUT2D eigenvalue weighted by molar-refractivity contribution is 6.36. The molecule has 0 saturated heterocycles. The van der Waals surface area contributed by atoms with Gasteiger partial charge in [-0.1, -0.05) is 58.5 Å². The summed E-state index contributed by atoms with van der Waals surface area (Å²) in [7, 11) is 0. The van der Waals surface area contributed by atoms with Crippen LogP contribution in [-0.4, -0.2) is 18.1 Å². The molecule has 3 rings (SSSR count). The molecule has 0 radical (unpaired) electrons. The molecular formula is C21H12Cl4N2O3. The Hall–Kier alpha value is -2.57. The zero-order valence-corrected chi connectivity index (χ0v) is 18.1. The Bertz CT molecular complexity index is 1150. The Morgan fingerprint density at radius 3 is 2.27 bits per heavy atom. The predicted molar refractivity (Wildman–Crippen MR) is 119 cm³/mol. The molecule has 0 fully saturated rings. The zero-order chi connectivity index (χ0) is 21.7. The van der Waals surface area contributed by atoms with Crippen molar-refractivity contribution in [3.63, 3.8) is 0 Å². The number of hydrazone groups is 1. The van der Waals surface area contributed by atoms with Gasteiger partial charge in [-0.05, 0) is 48.5 Å². The lowest BCUT2D eigenvalue weighted by atomic mass is 10.2. The van der Waals surface area contributed by atoms with Crippen LogP contribution in [0.1, 0.15) is 26.3 Å². The lowest BCUT2D eigenvalue weighted by Crippen LogP contribution is -2.18. The van der Waals surface area contributed by atoms with E-state index in [1.54, 1.807) is 30.3 Å². The molecule has 0 unspecified atom stereocenters. The molecule has 0 heterocycles. The number of hydrogen-bond donors (Lipinski definition) is 1. The first-order valence-electron chi connectivity index (χ1n) is 8.40. The molecule has 0 aliphatic heterocycles. The normalized spacial score (nSPS) is 10.8. The van der Waals surface area contributed by atoms with Gasteiger partial charge in [-0.25, -0.2) is 10.2 Å². The SMILES string of the molecule is O=C(N/N=C/c1cc(Cl)ccc1OC(=O)c1ccccc1Cl)c1ccc(Cl)cc1Cl. The number of ether oxygens (including phenoxy) is 1. The van der Waals surface area contributed by atoms with Crippen LogP contribution in [-0.2, 0) is 0 Å². The Balaban J connectivity index is 1.77. The lowest BCUT2D eigenvalue weighted by Gasteiger charge is -2.09. The molecule has 0 aromatic heterocycles. The van der Waals surface area contributed by atoms with Crippen LogP contribution in [0.5, 0.6) is 5.75 Å². The quantitative estimate of drug-likeness (QED) is 0.201. The second-order valence-electron chi connectivity index (χ2n) is 5.87. The fourth-order valence-corrected chi connectivity index (χ4v) is 3.28. The van der Waals surface area contributed by atoms with Gasteiger partial charge >= 0.3 is 5.97 Å². The van der Waals surface area contributed by atoms with Gasteiger partial charge in [0.25, 0.3) is 5.91 Å². The molecule has 5 nitrogen and oxygen atoms in total. The Morgan fingerprint density at radius 1 is 0.833 bits per heavy atom. The van der Waals surface area contributed by atoms with Crippen LogP contribution in [0.3, 0.4) is 0 Å². The van der Waals surface area contributed by atoms with Gasteiger partial charge in [0.05, 0.1) is 27.4 Å². The number of rotatable bonds is 5. The number of carbonyl (C=O) groups excluding carboxylic acids is 2. The molecule has 152 valence electrons. The third kappa shape index (κ3) is 5.52. The van der Waals surface area contributed by atoms with Crippen molar-refractivity contribution in [1.82, 2.24) is 5.43 Å². The van der Waals surface area contributed by atoms with Crippen molar-refractivity contribution in [3.8, 4) is 5.75 Å². The third-order valence-corrected chi connectivity index (χ3v) is 4.93. The van der Waals surface area contributed by atoms with Crippen LogP contribution < -0.4 is 10.2 Å². The van der Waals surface area contributed by atoms with Gasteiger partial charge in [-0.3, -0.25) is 4.79 Å². The second kappa shape index (κ2) is 9.96. The average Bonchev–Trinajstić information content (AvgIpc) is 2.70. The number of nitrogens with zero attached hydrogens (tertiary/aromatic N) is 1. The number of amides is 1. The Kier molecular flexibility index (Phi) is 7.34. The molecule has 3 aromatic rings. The molecule has 3 aromatic carbocycles. The first kappa shape index (κ1) is 22.1. The molecule has 1 N–H and O–H groups in total. The number of benzene rings is 3. The topological polar surface area (TPSA) is 67.8 Å². The summed E-state index contributed by atoms with van der Waals surface area (Å²) in [6.07, 6.45) is 1.29. The monoisotopic (exact) mass is 480 g/mol. The maximum absolute atomic E-state index is 12.4. The zero-order valence-electron chi connectivity index (χ0n) is 15.0. The fraction of sp³-hybridized carbons (Fsp3) is 0. The number of carbonyl (C=O) groups is 2. The van der Waals surface area contributed by atoms with Gasteiger partial charge in [0.2, 0.25) is 0 Å². The molecule has 0 aliphatic rings. The van der Waals surface area contributed by atoms with Gasteiger partial charge in [-0.2, -0.15) is 5.10 Å². The van der Waals surface area contributed by atoms with Gasteiger partial charge in [0.15, 0.2) is 0 Å². The molecule has 9 heteroatoms. The summed E-state index contributed by atoms with van der Waals surface area (Å²) in [5.74, 6) is -0.994. The molecule has 0 spiro atoms. The highest BCUT2D eigenvalue weighted by atomic mass is 35.5. The van der Waals surface area contributed by atoms with Crippen molar-refractivity contribution >= 4 is 64.5 Å². The number of esters is 1. The van der Waals surface area contributed by atoms with Crippen molar-refractivity contribution in [3.05, 3.63) is 97.4 Å². The number of hydrogen-bond acceptors (Lipinski definition) is 4. The summed E-state index contributed by atoms with van der Waals surface area (Å²) in [6, 6.07) is 15.6. The largest absolute Gasteiger partial charge is 0.422 e. The van der Waals surface area contributed by atoms with E-state index in [0.29, 0.717) is 15.6 Å². The summed E-state index contributed by atoms with van der Waals surface area (Å²) in [6.45, 7) is 0. The first-order valence-corrected chi connectivity index (χ1v) is 9.91. The van der Waals surface area contributed by atoms with Crippen LogP contribution in [0.2, 0.25) is 20.1 Å². The minimum atomic E-state index is -0.644. The average molecular weight is 482 g/mol. The summed E-state index contributed by atoms with van der Waals surface area (Å²) < 4.78 is 5.42. The van der Waals surface area contributed by atoms with Crippen molar-refractivity contribution in [2.45, 2.75) is 0 Å². The van der Waals surface area contributed by atoms with Crippen molar-refractivity contribution in [1.29, 1.82) is 0 Å². The van der Waals surface area contributed by atoms with E-state index in [-0.39, 0.29) is 26.9 Å². The minimum Gasteiger partial charge on any atom is -0.422 e.